The Labute approximate surface area is 122 Å². The van der Waals surface area contributed by atoms with Gasteiger partial charge in [-0.05, 0) is 30.5 Å². The Morgan fingerprint density at radius 1 is 1.42 bits per heavy atom. The maximum absolute atomic E-state index is 11.9. The molecule has 0 spiro atoms. The van der Waals surface area contributed by atoms with Crippen molar-refractivity contribution in [1.29, 1.82) is 0 Å². The van der Waals surface area contributed by atoms with E-state index in [4.69, 9.17) is 4.74 Å². The van der Waals surface area contributed by atoms with E-state index in [1.165, 1.54) is 5.56 Å². The molecule has 104 valence electrons. The Morgan fingerprint density at radius 3 is 2.68 bits per heavy atom. The number of hydrogen-bond donors (Lipinski definition) is 1. The molecule has 19 heavy (non-hydrogen) atoms. The first-order chi connectivity index (χ1) is 8.99. The molecule has 1 fully saturated rings. The number of amides is 1. The van der Waals surface area contributed by atoms with Crippen molar-refractivity contribution in [2.75, 3.05) is 13.2 Å². The van der Waals surface area contributed by atoms with Gasteiger partial charge in [-0.2, -0.15) is 0 Å². The first-order valence-electron chi connectivity index (χ1n) is 6.64. The average molecular weight is 326 g/mol. The molecule has 1 aromatic carbocycles. The number of rotatable bonds is 4. The highest BCUT2D eigenvalue weighted by atomic mass is 79.9. The SMILES string of the molecule is CC(C)(CNC(=O)[C@H]1CCCO1)c1ccc(Br)cc1. The normalized spacial score (nSPS) is 19.4. The summed E-state index contributed by atoms with van der Waals surface area (Å²) in [6.07, 6.45) is 1.57. The van der Waals surface area contributed by atoms with E-state index < -0.39 is 0 Å². The fourth-order valence-corrected chi connectivity index (χ4v) is 2.47. The van der Waals surface area contributed by atoms with Crippen LogP contribution in [0, 0.1) is 0 Å². The van der Waals surface area contributed by atoms with E-state index in [0.717, 1.165) is 17.3 Å². The van der Waals surface area contributed by atoms with E-state index >= 15 is 0 Å². The average Bonchev–Trinajstić information content (AvgIpc) is 2.90. The molecule has 1 atom stereocenters. The molecule has 1 aromatic rings. The minimum absolute atomic E-state index is 0.0164. The molecular formula is C15H20BrNO2. The third kappa shape index (κ3) is 3.80. The Balaban J connectivity index is 1.93. The largest absolute Gasteiger partial charge is 0.368 e. The van der Waals surface area contributed by atoms with Gasteiger partial charge in [-0.15, -0.1) is 0 Å². The maximum Gasteiger partial charge on any atom is 0.249 e. The van der Waals surface area contributed by atoms with Gasteiger partial charge in [0.25, 0.3) is 0 Å². The van der Waals surface area contributed by atoms with Crippen molar-refractivity contribution in [2.24, 2.45) is 0 Å². The molecule has 4 heteroatoms. The van der Waals surface area contributed by atoms with Crippen molar-refractivity contribution in [3.63, 3.8) is 0 Å². The first-order valence-corrected chi connectivity index (χ1v) is 7.44. The van der Waals surface area contributed by atoms with Gasteiger partial charge in [0.05, 0.1) is 0 Å². The number of benzene rings is 1. The Hall–Kier alpha value is -0.870. The standard InChI is InChI=1S/C15H20BrNO2/c1-15(2,11-5-7-12(16)8-6-11)10-17-14(18)13-4-3-9-19-13/h5-8,13H,3-4,9-10H2,1-2H3,(H,17,18)/t13-/m1/s1. The molecule has 1 N–H and O–H groups in total. The zero-order valence-corrected chi connectivity index (χ0v) is 13.0. The van der Waals surface area contributed by atoms with Crippen LogP contribution in [0.4, 0.5) is 0 Å². The minimum Gasteiger partial charge on any atom is -0.368 e. The Kier molecular flexibility index (Phi) is 4.63. The molecule has 2 rings (SSSR count). The summed E-state index contributed by atoms with van der Waals surface area (Å²) < 4.78 is 6.45. The van der Waals surface area contributed by atoms with Gasteiger partial charge in [-0.1, -0.05) is 41.9 Å². The van der Waals surface area contributed by atoms with Crippen LogP contribution in [0.25, 0.3) is 0 Å². The molecule has 0 aromatic heterocycles. The van der Waals surface area contributed by atoms with Crippen molar-refractivity contribution in [3.8, 4) is 0 Å². The summed E-state index contributed by atoms with van der Waals surface area (Å²) in [4.78, 5) is 11.9. The number of nitrogens with one attached hydrogen (secondary N) is 1. The molecule has 1 aliphatic heterocycles. The van der Waals surface area contributed by atoms with E-state index in [-0.39, 0.29) is 17.4 Å². The molecule has 0 aliphatic carbocycles. The molecule has 0 saturated carbocycles. The fourth-order valence-electron chi connectivity index (χ4n) is 2.21. The number of carbonyl (C=O) groups is 1. The highest BCUT2D eigenvalue weighted by molar-refractivity contribution is 9.10. The molecular weight excluding hydrogens is 306 g/mol. The number of ether oxygens (including phenoxy) is 1. The summed E-state index contributed by atoms with van der Waals surface area (Å²) in [6, 6.07) is 8.22. The smallest absolute Gasteiger partial charge is 0.249 e. The summed E-state index contributed by atoms with van der Waals surface area (Å²) >= 11 is 3.43. The van der Waals surface area contributed by atoms with Crippen LogP contribution >= 0.6 is 15.9 Å². The summed E-state index contributed by atoms with van der Waals surface area (Å²) in [5, 5.41) is 3.00. The summed E-state index contributed by atoms with van der Waals surface area (Å²) in [5.41, 5.74) is 1.12. The van der Waals surface area contributed by atoms with Crippen LogP contribution in [0.2, 0.25) is 0 Å². The van der Waals surface area contributed by atoms with Crippen molar-refractivity contribution in [1.82, 2.24) is 5.32 Å². The van der Waals surface area contributed by atoms with Crippen LogP contribution < -0.4 is 5.32 Å². The van der Waals surface area contributed by atoms with Gasteiger partial charge >= 0.3 is 0 Å². The van der Waals surface area contributed by atoms with Gasteiger partial charge in [0.1, 0.15) is 6.10 Å². The third-order valence-electron chi connectivity index (χ3n) is 3.55. The summed E-state index contributed by atoms with van der Waals surface area (Å²) in [5.74, 6) is 0.0164. The lowest BCUT2D eigenvalue weighted by Gasteiger charge is -2.26. The lowest BCUT2D eigenvalue weighted by atomic mass is 9.84. The van der Waals surface area contributed by atoms with Crippen LogP contribution in [0.3, 0.4) is 0 Å². The molecule has 0 bridgehead atoms. The van der Waals surface area contributed by atoms with Gasteiger partial charge in [-0.3, -0.25) is 4.79 Å². The maximum atomic E-state index is 11.9. The molecule has 1 heterocycles. The summed E-state index contributed by atoms with van der Waals surface area (Å²) in [6.45, 7) is 5.58. The molecule has 0 unspecified atom stereocenters. The van der Waals surface area contributed by atoms with Crippen LogP contribution in [-0.2, 0) is 14.9 Å². The topological polar surface area (TPSA) is 38.3 Å². The predicted octanol–water partition coefficient (Wildman–Crippen LogP) is 3.02. The van der Waals surface area contributed by atoms with E-state index in [1.807, 2.05) is 12.1 Å². The van der Waals surface area contributed by atoms with Gasteiger partial charge in [0, 0.05) is 23.0 Å². The molecule has 3 nitrogen and oxygen atoms in total. The lowest BCUT2D eigenvalue weighted by Crippen LogP contribution is -2.41. The van der Waals surface area contributed by atoms with Gasteiger partial charge in [0.2, 0.25) is 5.91 Å². The monoisotopic (exact) mass is 325 g/mol. The third-order valence-corrected chi connectivity index (χ3v) is 4.08. The van der Waals surface area contributed by atoms with Crippen LogP contribution in [-0.4, -0.2) is 25.2 Å². The van der Waals surface area contributed by atoms with E-state index in [2.05, 4.69) is 47.2 Å². The predicted molar refractivity (Wildman–Crippen MR) is 79.2 cm³/mol. The van der Waals surface area contributed by atoms with Crippen molar-refractivity contribution in [3.05, 3.63) is 34.3 Å². The molecule has 0 radical (unpaired) electrons. The molecule has 1 aliphatic rings. The van der Waals surface area contributed by atoms with E-state index in [0.29, 0.717) is 13.2 Å². The highest BCUT2D eigenvalue weighted by Gasteiger charge is 2.26. The minimum atomic E-state index is -0.249. The first kappa shape index (κ1) is 14.5. The van der Waals surface area contributed by atoms with E-state index in [9.17, 15) is 4.79 Å². The zero-order chi connectivity index (χ0) is 13.9. The van der Waals surface area contributed by atoms with Gasteiger partial charge in [0.15, 0.2) is 0 Å². The highest BCUT2D eigenvalue weighted by Crippen LogP contribution is 2.24. The van der Waals surface area contributed by atoms with Crippen molar-refractivity contribution >= 4 is 21.8 Å². The Morgan fingerprint density at radius 2 is 2.11 bits per heavy atom. The number of carbonyl (C=O) groups excluding carboxylic acids is 1. The second kappa shape index (κ2) is 6.06. The van der Waals surface area contributed by atoms with Gasteiger partial charge < -0.3 is 10.1 Å². The van der Waals surface area contributed by atoms with E-state index in [1.54, 1.807) is 0 Å². The zero-order valence-electron chi connectivity index (χ0n) is 11.4. The van der Waals surface area contributed by atoms with Crippen molar-refractivity contribution < 1.29 is 9.53 Å². The summed E-state index contributed by atoms with van der Waals surface area (Å²) in [7, 11) is 0. The quantitative estimate of drug-likeness (QED) is 0.924. The Bertz CT molecular complexity index is 436. The van der Waals surface area contributed by atoms with Crippen molar-refractivity contribution in [2.45, 2.75) is 38.2 Å². The number of hydrogen-bond acceptors (Lipinski definition) is 2. The second-order valence-corrected chi connectivity index (χ2v) is 6.53. The fraction of sp³-hybridized carbons (Fsp3) is 0.533. The lowest BCUT2D eigenvalue weighted by molar-refractivity contribution is -0.130. The molecule has 1 amide bonds. The van der Waals surface area contributed by atoms with Crippen LogP contribution in [0.5, 0.6) is 0 Å². The van der Waals surface area contributed by atoms with Crippen LogP contribution in [0.15, 0.2) is 28.7 Å². The second-order valence-electron chi connectivity index (χ2n) is 5.61. The van der Waals surface area contributed by atoms with Gasteiger partial charge in [-0.25, -0.2) is 0 Å². The number of halogens is 1. The molecule has 1 saturated heterocycles. The van der Waals surface area contributed by atoms with Crippen LogP contribution in [0.1, 0.15) is 32.3 Å².